The molecular weight excluding hydrogens is 429 g/mol. The molecule has 1 spiro atoms. The minimum absolute atomic E-state index is 0.00710. The summed E-state index contributed by atoms with van der Waals surface area (Å²) < 4.78 is 14.4. The van der Waals surface area contributed by atoms with Crippen molar-refractivity contribution in [1.29, 1.82) is 0 Å². The molecule has 1 aromatic carbocycles. The van der Waals surface area contributed by atoms with Gasteiger partial charge in [-0.15, -0.1) is 0 Å². The van der Waals surface area contributed by atoms with Gasteiger partial charge in [0.25, 0.3) is 0 Å². The largest absolute Gasteiger partial charge is 0.349 e. The number of rotatable bonds is 4. The number of fused-ring (bicyclic) bond motifs is 2. The third kappa shape index (κ3) is 5.64. The van der Waals surface area contributed by atoms with Gasteiger partial charge in [0.2, 0.25) is 11.8 Å². The number of likely N-dealkylation sites (tertiary alicyclic amines) is 2. The van der Waals surface area contributed by atoms with Gasteiger partial charge in [-0.1, -0.05) is 26.8 Å². The van der Waals surface area contributed by atoms with Crippen LogP contribution in [0.2, 0.25) is 0 Å². The predicted octanol–water partition coefficient (Wildman–Crippen LogP) is 4.81. The number of halogens is 1. The Labute approximate surface area is 204 Å². The van der Waals surface area contributed by atoms with E-state index < -0.39 is 0 Å². The van der Waals surface area contributed by atoms with E-state index in [-0.39, 0.29) is 35.0 Å². The molecule has 4 rings (SSSR count). The highest BCUT2D eigenvalue weighted by Gasteiger charge is 2.43. The van der Waals surface area contributed by atoms with Crippen LogP contribution in [0.1, 0.15) is 89.8 Å². The van der Waals surface area contributed by atoms with Crippen molar-refractivity contribution >= 4 is 11.8 Å². The summed E-state index contributed by atoms with van der Waals surface area (Å²) in [6.07, 6.45) is 6.81. The van der Waals surface area contributed by atoms with Gasteiger partial charge in [0.05, 0.1) is 12.0 Å². The number of nitrogens with zero attached hydrogens (tertiary/aromatic N) is 2. The molecule has 0 saturated carbocycles. The Bertz CT molecular complexity index is 901. The molecule has 1 aliphatic carbocycles. The van der Waals surface area contributed by atoms with Crippen LogP contribution in [0.4, 0.5) is 4.39 Å². The molecule has 34 heavy (non-hydrogen) atoms. The van der Waals surface area contributed by atoms with E-state index in [1.54, 1.807) is 17.9 Å². The summed E-state index contributed by atoms with van der Waals surface area (Å²) in [5, 5.41) is 3.28. The average Bonchev–Trinajstić information content (AvgIpc) is 2.80. The molecule has 2 saturated heterocycles. The van der Waals surface area contributed by atoms with Crippen molar-refractivity contribution < 1.29 is 14.0 Å². The van der Waals surface area contributed by atoms with Crippen molar-refractivity contribution in [2.75, 3.05) is 32.7 Å². The van der Waals surface area contributed by atoms with E-state index in [2.05, 4.69) is 31.0 Å². The molecule has 2 aliphatic heterocycles. The Hall–Kier alpha value is -1.95. The van der Waals surface area contributed by atoms with Crippen LogP contribution in [-0.4, -0.2) is 54.3 Å². The molecule has 2 heterocycles. The van der Waals surface area contributed by atoms with Crippen LogP contribution in [0, 0.1) is 17.2 Å². The summed E-state index contributed by atoms with van der Waals surface area (Å²) in [4.78, 5) is 29.3. The Morgan fingerprint density at radius 3 is 2.53 bits per heavy atom. The Kier molecular flexibility index (Phi) is 7.37. The fourth-order valence-corrected chi connectivity index (χ4v) is 6.14. The molecule has 0 bridgehead atoms. The monoisotopic (exact) mass is 471 g/mol. The highest BCUT2D eigenvalue weighted by atomic mass is 19.1. The second-order valence-corrected chi connectivity index (χ2v) is 12.1. The summed E-state index contributed by atoms with van der Waals surface area (Å²) in [6.45, 7) is 12.9. The highest BCUT2D eigenvalue weighted by molar-refractivity contribution is 5.81. The molecule has 2 amide bonds. The molecule has 1 N–H and O–H groups in total. The fraction of sp³-hybridized carbons (Fsp3) is 0.714. The zero-order valence-corrected chi connectivity index (χ0v) is 21.5. The molecule has 3 aliphatic rings. The maximum absolute atomic E-state index is 14.4. The first kappa shape index (κ1) is 25.2. The second kappa shape index (κ2) is 9.96. The van der Waals surface area contributed by atoms with E-state index in [9.17, 15) is 14.0 Å². The van der Waals surface area contributed by atoms with E-state index in [0.717, 1.165) is 75.8 Å². The number of hydrogen-bond acceptors (Lipinski definition) is 3. The van der Waals surface area contributed by atoms with Crippen molar-refractivity contribution in [1.82, 2.24) is 15.1 Å². The van der Waals surface area contributed by atoms with Crippen molar-refractivity contribution in [2.45, 2.75) is 84.1 Å². The summed E-state index contributed by atoms with van der Waals surface area (Å²) >= 11 is 0. The third-order valence-corrected chi connectivity index (χ3v) is 8.42. The van der Waals surface area contributed by atoms with Crippen LogP contribution < -0.4 is 5.32 Å². The highest BCUT2D eigenvalue weighted by Crippen LogP contribution is 2.48. The maximum atomic E-state index is 14.4. The number of benzene rings is 1. The average molecular weight is 472 g/mol. The SMILES string of the molecule is CC(=O)N1CCCC(C(=O)N[C@H]2CCC3(CCN(CCC(C)(C)C)CC3)c3cc(F)ccc32)C1. The maximum Gasteiger partial charge on any atom is 0.225 e. The lowest BCUT2D eigenvalue weighted by molar-refractivity contribution is -0.134. The fourth-order valence-electron chi connectivity index (χ4n) is 6.14. The molecule has 5 nitrogen and oxygen atoms in total. The number of amides is 2. The molecule has 2 atom stereocenters. The Balaban J connectivity index is 1.45. The molecule has 1 aromatic rings. The van der Waals surface area contributed by atoms with Gasteiger partial charge in [0, 0.05) is 20.0 Å². The number of carbonyl (C=O) groups is 2. The van der Waals surface area contributed by atoms with Gasteiger partial charge in [-0.3, -0.25) is 9.59 Å². The van der Waals surface area contributed by atoms with Gasteiger partial charge in [0.15, 0.2) is 0 Å². The summed E-state index contributed by atoms with van der Waals surface area (Å²) in [7, 11) is 0. The minimum atomic E-state index is -0.190. The number of hydrogen-bond donors (Lipinski definition) is 1. The van der Waals surface area contributed by atoms with Gasteiger partial charge in [-0.2, -0.15) is 0 Å². The predicted molar refractivity (Wildman–Crippen MR) is 133 cm³/mol. The van der Waals surface area contributed by atoms with Crippen molar-refractivity contribution in [3.05, 3.63) is 35.1 Å². The molecule has 2 fully saturated rings. The number of carbonyl (C=O) groups excluding carboxylic acids is 2. The van der Waals surface area contributed by atoms with Crippen LogP contribution in [0.15, 0.2) is 18.2 Å². The van der Waals surface area contributed by atoms with Gasteiger partial charge < -0.3 is 15.1 Å². The van der Waals surface area contributed by atoms with Crippen molar-refractivity contribution in [3.8, 4) is 0 Å². The van der Waals surface area contributed by atoms with Crippen molar-refractivity contribution in [3.63, 3.8) is 0 Å². The smallest absolute Gasteiger partial charge is 0.225 e. The first-order valence-electron chi connectivity index (χ1n) is 13.1. The molecule has 6 heteroatoms. The van der Waals surface area contributed by atoms with E-state index in [0.29, 0.717) is 12.0 Å². The minimum Gasteiger partial charge on any atom is -0.349 e. The zero-order chi connectivity index (χ0) is 24.5. The van der Waals surface area contributed by atoms with E-state index in [4.69, 9.17) is 0 Å². The van der Waals surface area contributed by atoms with Crippen LogP contribution in [0.25, 0.3) is 0 Å². The van der Waals surface area contributed by atoms with E-state index in [1.807, 2.05) is 6.07 Å². The summed E-state index contributed by atoms with van der Waals surface area (Å²) in [5.41, 5.74) is 2.53. The quantitative estimate of drug-likeness (QED) is 0.686. The second-order valence-electron chi connectivity index (χ2n) is 12.1. The lowest BCUT2D eigenvalue weighted by atomic mass is 9.63. The zero-order valence-electron chi connectivity index (χ0n) is 21.5. The summed E-state index contributed by atoms with van der Waals surface area (Å²) in [5.74, 6) is -0.293. The molecule has 0 radical (unpaired) electrons. The van der Waals surface area contributed by atoms with Gasteiger partial charge >= 0.3 is 0 Å². The molecule has 1 unspecified atom stereocenters. The lowest BCUT2D eigenvalue weighted by Gasteiger charge is -2.47. The van der Waals surface area contributed by atoms with E-state index in [1.165, 1.54) is 12.5 Å². The van der Waals surface area contributed by atoms with Crippen molar-refractivity contribution in [2.24, 2.45) is 11.3 Å². The standard InChI is InChI=1S/C28H42FN3O2/c1-20(33)32-14-5-6-21(19-32)26(34)30-25-9-10-28(24-18-22(29)7-8-23(24)25)12-16-31(17-13-28)15-11-27(2,3)4/h7-8,18,21,25H,5-6,9-17,19H2,1-4H3,(H,30,34)/t21?,25-/m0/s1. The molecular formula is C28H42FN3O2. The van der Waals surface area contributed by atoms with Crippen LogP contribution >= 0.6 is 0 Å². The lowest BCUT2D eigenvalue weighted by Crippen LogP contribution is -2.48. The van der Waals surface area contributed by atoms with Crippen LogP contribution in [0.5, 0.6) is 0 Å². The number of nitrogens with one attached hydrogen (secondary N) is 1. The van der Waals surface area contributed by atoms with Gasteiger partial charge in [-0.25, -0.2) is 4.39 Å². The third-order valence-electron chi connectivity index (χ3n) is 8.42. The Morgan fingerprint density at radius 2 is 1.85 bits per heavy atom. The normalized spacial score (nSPS) is 25.1. The van der Waals surface area contributed by atoms with Crippen LogP contribution in [-0.2, 0) is 15.0 Å². The Morgan fingerprint density at radius 1 is 1.12 bits per heavy atom. The molecule has 0 aromatic heterocycles. The summed E-state index contributed by atoms with van der Waals surface area (Å²) in [6, 6.07) is 5.08. The molecule has 188 valence electrons. The topological polar surface area (TPSA) is 52.7 Å². The van der Waals surface area contributed by atoms with Crippen LogP contribution in [0.3, 0.4) is 0 Å². The first-order valence-corrected chi connectivity index (χ1v) is 13.1. The first-order chi connectivity index (χ1) is 16.1. The van der Waals surface area contributed by atoms with E-state index >= 15 is 0 Å². The number of piperidine rings is 2. The van der Waals surface area contributed by atoms with Gasteiger partial charge in [0.1, 0.15) is 5.82 Å². The van der Waals surface area contributed by atoms with Gasteiger partial charge in [-0.05, 0) is 98.7 Å².